The zero-order chi connectivity index (χ0) is 30.9. The van der Waals surface area contributed by atoms with E-state index in [1.54, 1.807) is 37.2 Å². The zero-order valence-electron chi connectivity index (χ0n) is 23.3. The first-order valence-electron chi connectivity index (χ1n) is 13.1. The second-order valence-corrected chi connectivity index (χ2v) is 10.9. The fraction of sp³-hybridized carbons (Fsp3) is 0.321. The van der Waals surface area contributed by atoms with Crippen LogP contribution in [0.3, 0.4) is 0 Å². The number of nitrogens with zero attached hydrogens (tertiary/aromatic N) is 6. The summed E-state index contributed by atoms with van der Waals surface area (Å²) < 4.78 is 98.2. The van der Waals surface area contributed by atoms with Crippen molar-refractivity contribution in [2.75, 3.05) is 42.8 Å². The van der Waals surface area contributed by atoms with E-state index in [0.717, 1.165) is 18.0 Å². The number of benzene rings is 2. The fourth-order valence-electron chi connectivity index (χ4n) is 4.55. The van der Waals surface area contributed by atoms with Gasteiger partial charge in [0, 0.05) is 45.0 Å². The summed E-state index contributed by atoms with van der Waals surface area (Å²) >= 11 is 0.953. The molecule has 0 spiro atoms. The van der Waals surface area contributed by atoms with Gasteiger partial charge in [-0.1, -0.05) is 30.3 Å². The van der Waals surface area contributed by atoms with Gasteiger partial charge >= 0.3 is 12.1 Å². The van der Waals surface area contributed by atoms with Crippen LogP contribution >= 0.6 is 11.9 Å². The summed E-state index contributed by atoms with van der Waals surface area (Å²) in [7, 11) is 3.61. The molecular weight excluding hydrogens is 596 g/mol. The Balaban J connectivity index is 1.66. The Morgan fingerprint density at radius 1 is 0.930 bits per heavy atom. The molecule has 43 heavy (non-hydrogen) atoms. The molecule has 1 aliphatic heterocycles. The number of halogens is 6. The standard InChI is InChI=1S/C28H27F6N7OS/c1-17-7-4-5-8-19(17)24-22(27(30,31)28(32,33)34)25(37-26(36-24)38-43-18-15-35-40(3)16-18)42-21-10-6-9-20(23(21)29)41-13-11-39(2)12-14-41/h4-10,15-16H,11-14H2,1-3H3,(H,36,37,38). The Morgan fingerprint density at radius 3 is 2.30 bits per heavy atom. The minimum Gasteiger partial charge on any atom is -0.435 e. The number of hydrogen-bond donors (Lipinski definition) is 1. The first-order chi connectivity index (χ1) is 20.3. The lowest BCUT2D eigenvalue weighted by molar-refractivity contribution is -0.289. The third-order valence-electron chi connectivity index (χ3n) is 6.88. The lowest BCUT2D eigenvalue weighted by Gasteiger charge is -2.34. The van der Waals surface area contributed by atoms with Crippen LogP contribution in [0.1, 0.15) is 11.1 Å². The largest absolute Gasteiger partial charge is 0.458 e. The SMILES string of the molecule is Cc1ccccc1-c1nc(NSc2cnn(C)c2)nc(Oc2cccc(N3CCN(C)CC3)c2F)c1C(F)(F)C(F)(F)F. The maximum atomic E-state index is 15.8. The van der Waals surface area contributed by atoms with Crippen molar-refractivity contribution in [1.29, 1.82) is 0 Å². The predicted molar refractivity (Wildman–Crippen MR) is 151 cm³/mol. The van der Waals surface area contributed by atoms with Crippen molar-refractivity contribution in [3.05, 3.63) is 71.8 Å². The molecule has 4 aromatic rings. The maximum absolute atomic E-state index is 15.8. The molecule has 3 heterocycles. The molecule has 0 atom stereocenters. The summed E-state index contributed by atoms with van der Waals surface area (Å²) in [6.07, 6.45) is -2.89. The zero-order valence-corrected chi connectivity index (χ0v) is 24.1. The molecule has 2 aromatic carbocycles. The smallest absolute Gasteiger partial charge is 0.435 e. The second kappa shape index (κ2) is 12.0. The van der Waals surface area contributed by atoms with Gasteiger partial charge in [0.15, 0.2) is 11.6 Å². The van der Waals surface area contributed by atoms with Gasteiger partial charge in [-0.3, -0.25) is 9.40 Å². The van der Waals surface area contributed by atoms with Crippen LogP contribution in [0.15, 0.2) is 59.8 Å². The number of alkyl halides is 5. The molecule has 15 heteroatoms. The van der Waals surface area contributed by atoms with Gasteiger partial charge in [-0.25, -0.2) is 9.37 Å². The number of aromatic nitrogens is 4. The lowest BCUT2D eigenvalue weighted by atomic mass is 9.98. The predicted octanol–water partition coefficient (Wildman–Crippen LogP) is 6.64. The van der Waals surface area contributed by atoms with Gasteiger partial charge in [0.25, 0.3) is 0 Å². The lowest BCUT2D eigenvalue weighted by Crippen LogP contribution is -2.44. The highest BCUT2D eigenvalue weighted by Gasteiger charge is 2.62. The van der Waals surface area contributed by atoms with E-state index < -0.39 is 40.8 Å². The van der Waals surface area contributed by atoms with E-state index in [-0.39, 0.29) is 17.2 Å². The Hall–Kier alpha value is -3.98. The van der Waals surface area contributed by atoms with Crippen molar-refractivity contribution in [1.82, 2.24) is 24.6 Å². The monoisotopic (exact) mass is 623 g/mol. The molecule has 1 aliphatic rings. The van der Waals surface area contributed by atoms with E-state index in [1.165, 1.54) is 35.1 Å². The number of hydrogen-bond acceptors (Lipinski definition) is 8. The molecule has 0 aliphatic carbocycles. The van der Waals surface area contributed by atoms with E-state index in [1.807, 2.05) is 7.05 Å². The number of ether oxygens (including phenoxy) is 1. The Bertz CT molecular complexity index is 1600. The van der Waals surface area contributed by atoms with Crippen LogP contribution < -0.4 is 14.4 Å². The molecule has 0 bridgehead atoms. The average Bonchev–Trinajstić information content (AvgIpc) is 3.38. The molecule has 1 N–H and O–H groups in total. The molecule has 0 unspecified atom stereocenters. The summed E-state index contributed by atoms with van der Waals surface area (Å²) in [4.78, 5) is 12.4. The third kappa shape index (κ3) is 6.37. The number of anilines is 2. The highest BCUT2D eigenvalue weighted by atomic mass is 32.2. The number of piperazine rings is 1. The van der Waals surface area contributed by atoms with E-state index in [2.05, 4.69) is 24.7 Å². The second-order valence-electron chi connectivity index (χ2n) is 10.00. The first kappa shape index (κ1) is 30.5. The van der Waals surface area contributed by atoms with Crippen LogP contribution in [0.25, 0.3) is 11.3 Å². The quantitative estimate of drug-likeness (QED) is 0.173. The van der Waals surface area contributed by atoms with Gasteiger partial charge < -0.3 is 14.5 Å². The van der Waals surface area contributed by atoms with Crippen molar-refractivity contribution in [3.63, 3.8) is 0 Å². The summed E-state index contributed by atoms with van der Waals surface area (Å²) in [5.41, 5.74) is -1.84. The highest BCUT2D eigenvalue weighted by molar-refractivity contribution is 8.00. The summed E-state index contributed by atoms with van der Waals surface area (Å²) in [6, 6.07) is 10.1. The minimum absolute atomic E-state index is 0.00485. The van der Waals surface area contributed by atoms with Crippen molar-refractivity contribution in [2.24, 2.45) is 7.05 Å². The molecule has 228 valence electrons. The molecular formula is C28H27F6N7OS. The van der Waals surface area contributed by atoms with Crippen molar-refractivity contribution >= 4 is 23.6 Å². The summed E-state index contributed by atoms with van der Waals surface area (Å²) in [5.74, 6) is -8.40. The van der Waals surface area contributed by atoms with Gasteiger partial charge in [0.2, 0.25) is 11.8 Å². The topological polar surface area (TPSA) is 71.3 Å². The Morgan fingerprint density at radius 2 is 1.65 bits per heavy atom. The van der Waals surface area contributed by atoms with Crippen LogP contribution in [-0.4, -0.2) is 64.1 Å². The van der Waals surface area contributed by atoms with Gasteiger partial charge in [-0.05, 0) is 43.6 Å². The number of nitrogens with one attached hydrogen (secondary N) is 1. The normalized spacial score (nSPS) is 14.7. The van der Waals surface area contributed by atoms with Crippen molar-refractivity contribution < 1.29 is 31.1 Å². The number of likely N-dealkylation sites (N-methyl/N-ethyl adjacent to an activating group) is 1. The van der Waals surface area contributed by atoms with Gasteiger partial charge in [0.05, 0.1) is 22.5 Å². The molecule has 0 amide bonds. The van der Waals surface area contributed by atoms with E-state index in [0.29, 0.717) is 36.6 Å². The molecule has 0 saturated carbocycles. The van der Waals surface area contributed by atoms with Crippen LogP contribution in [0.2, 0.25) is 0 Å². The van der Waals surface area contributed by atoms with Gasteiger partial charge in [-0.15, -0.1) is 0 Å². The van der Waals surface area contributed by atoms with Gasteiger partial charge in [0.1, 0.15) is 5.56 Å². The van der Waals surface area contributed by atoms with Crippen LogP contribution in [0.4, 0.5) is 38.0 Å². The molecule has 0 radical (unpaired) electrons. The average molecular weight is 624 g/mol. The Kier molecular flexibility index (Phi) is 8.47. The Labute approximate surface area is 247 Å². The number of aryl methyl sites for hydroxylation is 2. The van der Waals surface area contributed by atoms with E-state index >= 15 is 13.2 Å². The first-order valence-corrected chi connectivity index (χ1v) is 13.9. The van der Waals surface area contributed by atoms with Crippen molar-refractivity contribution in [2.45, 2.75) is 23.9 Å². The highest BCUT2D eigenvalue weighted by Crippen LogP contribution is 2.51. The van der Waals surface area contributed by atoms with Crippen LogP contribution in [0.5, 0.6) is 11.6 Å². The molecule has 8 nitrogen and oxygen atoms in total. The fourth-order valence-corrected chi connectivity index (χ4v) is 5.15. The number of rotatable bonds is 8. The van der Waals surface area contributed by atoms with E-state index in [9.17, 15) is 13.2 Å². The van der Waals surface area contributed by atoms with Gasteiger partial charge in [-0.2, -0.15) is 32.0 Å². The van der Waals surface area contributed by atoms with Crippen LogP contribution in [0, 0.1) is 12.7 Å². The molecule has 1 saturated heterocycles. The maximum Gasteiger partial charge on any atom is 0.458 e. The third-order valence-corrected chi connectivity index (χ3v) is 7.61. The summed E-state index contributed by atoms with van der Waals surface area (Å²) in [6.45, 7) is 3.82. The molecule has 2 aromatic heterocycles. The van der Waals surface area contributed by atoms with E-state index in [4.69, 9.17) is 4.74 Å². The minimum atomic E-state index is -6.04. The van der Waals surface area contributed by atoms with Crippen molar-refractivity contribution in [3.8, 4) is 22.9 Å². The molecule has 1 fully saturated rings. The van der Waals surface area contributed by atoms with Crippen LogP contribution in [-0.2, 0) is 13.0 Å². The molecule has 5 rings (SSSR count). The summed E-state index contributed by atoms with van der Waals surface area (Å²) in [5, 5.41) is 4.03.